The van der Waals surface area contributed by atoms with Gasteiger partial charge in [0, 0.05) is 31.2 Å². The molecule has 0 amide bonds. The van der Waals surface area contributed by atoms with Crippen LogP contribution in [0.3, 0.4) is 0 Å². The monoisotopic (exact) mass is 350 g/mol. The molecule has 0 aliphatic rings. The van der Waals surface area contributed by atoms with Gasteiger partial charge in [0.2, 0.25) is 0 Å². The predicted octanol–water partition coefficient (Wildman–Crippen LogP) is 1.60. The molecule has 0 fully saturated rings. The maximum absolute atomic E-state index is 10.3. The molecule has 2 N–H and O–H groups in total. The Morgan fingerprint density at radius 1 is 1.46 bits per heavy atom. The van der Waals surface area contributed by atoms with E-state index < -0.39 is 6.10 Å². The number of nitrogens with one attached hydrogen (secondary N) is 1. The van der Waals surface area contributed by atoms with Crippen molar-refractivity contribution in [3.8, 4) is 0 Å². The van der Waals surface area contributed by atoms with E-state index in [-0.39, 0.29) is 6.54 Å². The van der Waals surface area contributed by atoms with Gasteiger partial charge in [-0.25, -0.2) is 4.98 Å². The lowest BCUT2D eigenvalue weighted by atomic mass is 10.1. The van der Waals surface area contributed by atoms with E-state index in [9.17, 15) is 5.11 Å². The van der Waals surface area contributed by atoms with Crippen LogP contribution in [-0.4, -0.2) is 50.9 Å². The highest BCUT2D eigenvalue weighted by Crippen LogP contribution is 2.22. The van der Waals surface area contributed by atoms with Crippen molar-refractivity contribution in [2.75, 3.05) is 20.1 Å². The molecule has 1 heterocycles. The molecule has 0 aliphatic carbocycles. The standard InChI is InChI=1S/C16H23ClN6O/c1-4-18-16(22(2)10-15-20-11-21-23(15)3)19-9-14(24)12-7-5-6-8-13(12)17/h5-8,11,14,24H,4,9-10H2,1-3H3,(H,18,19). The molecule has 0 saturated heterocycles. The van der Waals surface area contributed by atoms with Crippen LogP contribution in [-0.2, 0) is 13.6 Å². The van der Waals surface area contributed by atoms with Crippen molar-refractivity contribution in [3.63, 3.8) is 0 Å². The molecule has 24 heavy (non-hydrogen) atoms. The molecule has 7 nitrogen and oxygen atoms in total. The summed E-state index contributed by atoms with van der Waals surface area (Å²) >= 11 is 6.12. The fourth-order valence-electron chi connectivity index (χ4n) is 2.24. The highest BCUT2D eigenvalue weighted by molar-refractivity contribution is 6.31. The number of nitrogens with zero attached hydrogens (tertiary/aromatic N) is 5. The number of benzene rings is 1. The first kappa shape index (κ1) is 18.2. The topological polar surface area (TPSA) is 78.6 Å². The largest absolute Gasteiger partial charge is 0.386 e. The van der Waals surface area contributed by atoms with Crippen molar-refractivity contribution < 1.29 is 5.11 Å². The maximum atomic E-state index is 10.3. The third-order valence-electron chi connectivity index (χ3n) is 3.56. The molecule has 0 bridgehead atoms. The van der Waals surface area contributed by atoms with Gasteiger partial charge in [0.1, 0.15) is 18.3 Å². The van der Waals surface area contributed by atoms with Gasteiger partial charge in [-0.1, -0.05) is 29.8 Å². The Balaban J connectivity index is 2.07. The maximum Gasteiger partial charge on any atom is 0.194 e. The van der Waals surface area contributed by atoms with Crippen molar-refractivity contribution in [3.05, 3.63) is 47.0 Å². The lowest BCUT2D eigenvalue weighted by Crippen LogP contribution is -2.39. The second kappa shape index (κ2) is 8.65. The minimum absolute atomic E-state index is 0.217. The first-order valence-electron chi connectivity index (χ1n) is 7.77. The molecule has 8 heteroatoms. The van der Waals surface area contributed by atoms with Crippen LogP contribution < -0.4 is 5.32 Å². The summed E-state index contributed by atoms with van der Waals surface area (Å²) in [5, 5.41) is 18.1. The van der Waals surface area contributed by atoms with Crippen LogP contribution in [0.5, 0.6) is 0 Å². The molecule has 130 valence electrons. The number of guanidine groups is 1. The Morgan fingerprint density at radius 3 is 2.83 bits per heavy atom. The smallest absolute Gasteiger partial charge is 0.194 e. The van der Waals surface area contributed by atoms with Crippen LogP contribution in [0.1, 0.15) is 24.4 Å². The number of hydrogen-bond donors (Lipinski definition) is 2. The van der Waals surface area contributed by atoms with Crippen LogP contribution in [0.25, 0.3) is 0 Å². The summed E-state index contributed by atoms with van der Waals surface area (Å²) in [6.45, 7) is 3.50. The fourth-order valence-corrected chi connectivity index (χ4v) is 2.50. The van der Waals surface area contributed by atoms with Gasteiger partial charge in [0.05, 0.1) is 13.1 Å². The summed E-state index contributed by atoms with van der Waals surface area (Å²) in [4.78, 5) is 10.7. The first-order chi connectivity index (χ1) is 11.5. The zero-order valence-electron chi connectivity index (χ0n) is 14.1. The summed E-state index contributed by atoms with van der Waals surface area (Å²) in [7, 11) is 3.76. The molecule has 0 saturated carbocycles. The van der Waals surface area contributed by atoms with Gasteiger partial charge < -0.3 is 15.3 Å². The van der Waals surface area contributed by atoms with Gasteiger partial charge in [-0.3, -0.25) is 9.67 Å². The third kappa shape index (κ3) is 4.69. The van der Waals surface area contributed by atoms with Crippen LogP contribution in [0.2, 0.25) is 5.02 Å². The molecule has 2 aromatic rings. The van der Waals surface area contributed by atoms with E-state index in [1.54, 1.807) is 16.8 Å². The Bertz CT molecular complexity index is 687. The van der Waals surface area contributed by atoms with Gasteiger partial charge in [0.25, 0.3) is 0 Å². The molecule has 0 spiro atoms. The zero-order valence-corrected chi connectivity index (χ0v) is 14.9. The van der Waals surface area contributed by atoms with Gasteiger partial charge in [-0.2, -0.15) is 5.10 Å². The van der Waals surface area contributed by atoms with E-state index in [0.717, 1.165) is 12.4 Å². The minimum Gasteiger partial charge on any atom is -0.386 e. The Hall–Kier alpha value is -2.12. The molecule has 1 aromatic heterocycles. The van der Waals surface area contributed by atoms with Crippen LogP contribution in [0.4, 0.5) is 0 Å². The average Bonchev–Trinajstić information content (AvgIpc) is 2.96. The molecule has 1 atom stereocenters. The number of rotatable bonds is 6. The average molecular weight is 351 g/mol. The number of hydrogen-bond acceptors (Lipinski definition) is 4. The molecule has 0 aliphatic heterocycles. The molecular formula is C16H23ClN6O. The SMILES string of the molecule is CCNC(=NCC(O)c1ccccc1Cl)N(C)Cc1ncnn1C. The number of aryl methyl sites for hydroxylation is 1. The normalized spacial score (nSPS) is 13.0. The van der Waals surface area contributed by atoms with Gasteiger partial charge in [0.15, 0.2) is 5.96 Å². The number of aliphatic hydroxyl groups is 1. The number of halogens is 1. The Morgan fingerprint density at radius 2 is 2.21 bits per heavy atom. The minimum atomic E-state index is -0.754. The third-order valence-corrected chi connectivity index (χ3v) is 3.90. The van der Waals surface area contributed by atoms with E-state index in [1.807, 2.05) is 38.1 Å². The predicted molar refractivity (Wildman–Crippen MR) is 94.9 cm³/mol. The van der Waals surface area contributed by atoms with E-state index in [2.05, 4.69) is 20.4 Å². The van der Waals surface area contributed by atoms with E-state index >= 15 is 0 Å². The lowest BCUT2D eigenvalue weighted by molar-refractivity contribution is 0.186. The zero-order chi connectivity index (χ0) is 17.5. The van der Waals surface area contributed by atoms with Crippen molar-refractivity contribution in [1.82, 2.24) is 25.0 Å². The molecule has 0 radical (unpaired) electrons. The second-order valence-electron chi connectivity index (χ2n) is 5.39. The number of aliphatic hydroxyl groups excluding tert-OH is 1. The molecule has 1 aromatic carbocycles. The van der Waals surface area contributed by atoms with Crippen LogP contribution in [0, 0.1) is 0 Å². The number of aromatic nitrogens is 3. The second-order valence-corrected chi connectivity index (χ2v) is 5.80. The summed E-state index contributed by atoms with van der Waals surface area (Å²) in [5.41, 5.74) is 0.676. The molecule has 2 rings (SSSR count). The molecule has 1 unspecified atom stereocenters. The number of aliphatic imine (C=N–C) groups is 1. The highest BCUT2D eigenvalue weighted by atomic mass is 35.5. The summed E-state index contributed by atoms with van der Waals surface area (Å²) < 4.78 is 1.72. The van der Waals surface area contributed by atoms with Crippen molar-refractivity contribution in [2.24, 2.45) is 12.0 Å². The lowest BCUT2D eigenvalue weighted by Gasteiger charge is -2.22. The van der Waals surface area contributed by atoms with E-state index in [0.29, 0.717) is 23.1 Å². The van der Waals surface area contributed by atoms with Gasteiger partial charge >= 0.3 is 0 Å². The quantitative estimate of drug-likeness (QED) is 0.611. The summed E-state index contributed by atoms with van der Waals surface area (Å²) in [6.07, 6.45) is 0.768. The Labute approximate surface area is 147 Å². The molecular weight excluding hydrogens is 328 g/mol. The van der Waals surface area contributed by atoms with Gasteiger partial charge in [-0.15, -0.1) is 0 Å². The van der Waals surface area contributed by atoms with E-state index in [1.165, 1.54) is 6.33 Å². The van der Waals surface area contributed by atoms with Crippen LogP contribution in [0.15, 0.2) is 35.6 Å². The van der Waals surface area contributed by atoms with Crippen molar-refractivity contribution in [1.29, 1.82) is 0 Å². The summed E-state index contributed by atoms with van der Waals surface area (Å²) in [6, 6.07) is 7.24. The summed E-state index contributed by atoms with van der Waals surface area (Å²) in [5.74, 6) is 1.52. The highest BCUT2D eigenvalue weighted by Gasteiger charge is 2.13. The van der Waals surface area contributed by atoms with Gasteiger partial charge in [-0.05, 0) is 13.0 Å². The van der Waals surface area contributed by atoms with Crippen molar-refractivity contribution in [2.45, 2.75) is 19.6 Å². The van der Waals surface area contributed by atoms with Crippen LogP contribution >= 0.6 is 11.6 Å². The first-order valence-corrected chi connectivity index (χ1v) is 8.15. The fraction of sp³-hybridized carbons (Fsp3) is 0.438. The van der Waals surface area contributed by atoms with Crippen molar-refractivity contribution >= 4 is 17.6 Å². The van der Waals surface area contributed by atoms with E-state index in [4.69, 9.17) is 11.6 Å². The Kier molecular flexibility index (Phi) is 6.57.